The van der Waals surface area contributed by atoms with Crippen molar-refractivity contribution in [1.29, 1.82) is 0 Å². The Kier molecular flexibility index (Phi) is 4.67. The predicted octanol–water partition coefficient (Wildman–Crippen LogP) is 0.879. The number of carboxylic acid groups (broad SMARTS) is 1. The fourth-order valence-electron chi connectivity index (χ4n) is 1.16. The summed E-state index contributed by atoms with van der Waals surface area (Å²) in [6.45, 7) is 0.822. The van der Waals surface area contributed by atoms with E-state index in [1.54, 1.807) is 0 Å². The normalized spacial score (nSPS) is 10.5. The summed E-state index contributed by atoms with van der Waals surface area (Å²) >= 11 is 1.20. The van der Waals surface area contributed by atoms with Gasteiger partial charge in [0.25, 0.3) is 0 Å². The molecule has 0 aliphatic carbocycles. The first kappa shape index (κ1) is 12.1. The lowest BCUT2D eigenvalue weighted by atomic mass is 10.3. The Morgan fingerprint density at radius 1 is 1.67 bits per heavy atom. The van der Waals surface area contributed by atoms with Crippen molar-refractivity contribution < 1.29 is 14.6 Å². The largest absolute Gasteiger partial charge is 0.477 e. The second kappa shape index (κ2) is 5.79. The fraction of sp³-hybridized carbons (Fsp3) is 0.556. The molecule has 1 heterocycles. The van der Waals surface area contributed by atoms with E-state index in [2.05, 4.69) is 4.98 Å². The average molecular weight is 230 g/mol. The SMILES string of the molecule is COCc1nc(CCCN)sc1C(=O)O. The van der Waals surface area contributed by atoms with E-state index in [0.29, 0.717) is 12.2 Å². The van der Waals surface area contributed by atoms with Crippen LogP contribution < -0.4 is 5.73 Å². The number of aromatic carboxylic acids is 1. The van der Waals surface area contributed by atoms with Gasteiger partial charge in [-0.05, 0) is 13.0 Å². The van der Waals surface area contributed by atoms with E-state index >= 15 is 0 Å². The molecule has 0 aromatic carbocycles. The van der Waals surface area contributed by atoms with E-state index in [1.807, 2.05) is 0 Å². The first-order valence-electron chi connectivity index (χ1n) is 4.60. The van der Waals surface area contributed by atoms with Crippen molar-refractivity contribution in [3.05, 3.63) is 15.6 Å². The van der Waals surface area contributed by atoms with Crippen LogP contribution in [0, 0.1) is 0 Å². The predicted molar refractivity (Wildman–Crippen MR) is 57.2 cm³/mol. The van der Waals surface area contributed by atoms with Crippen LogP contribution in [0.1, 0.15) is 26.8 Å². The number of methoxy groups -OCH3 is 1. The van der Waals surface area contributed by atoms with Crippen LogP contribution in [0.25, 0.3) is 0 Å². The summed E-state index contributed by atoms with van der Waals surface area (Å²) in [5.41, 5.74) is 5.88. The highest BCUT2D eigenvalue weighted by molar-refractivity contribution is 7.13. The second-order valence-electron chi connectivity index (χ2n) is 3.01. The van der Waals surface area contributed by atoms with E-state index in [1.165, 1.54) is 18.4 Å². The third-order valence-corrected chi connectivity index (χ3v) is 2.96. The van der Waals surface area contributed by atoms with Crippen LogP contribution in [-0.2, 0) is 17.8 Å². The molecule has 0 unspecified atom stereocenters. The Morgan fingerprint density at radius 3 is 2.93 bits per heavy atom. The molecule has 0 saturated carbocycles. The maximum atomic E-state index is 10.9. The summed E-state index contributed by atoms with van der Waals surface area (Å²) in [7, 11) is 1.52. The molecule has 0 bridgehead atoms. The molecule has 3 N–H and O–H groups in total. The minimum Gasteiger partial charge on any atom is -0.477 e. The molecule has 5 nitrogen and oxygen atoms in total. The van der Waals surface area contributed by atoms with Crippen LogP contribution in [-0.4, -0.2) is 29.7 Å². The topological polar surface area (TPSA) is 85.4 Å². The summed E-state index contributed by atoms with van der Waals surface area (Å²) in [6, 6.07) is 0. The molecule has 0 spiro atoms. The Bertz CT molecular complexity index is 338. The van der Waals surface area contributed by atoms with Crippen molar-refractivity contribution >= 4 is 17.3 Å². The zero-order valence-corrected chi connectivity index (χ0v) is 9.34. The van der Waals surface area contributed by atoms with Gasteiger partial charge in [0, 0.05) is 13.5 Å². The summed E-state index contributed by atoms with van der Waals surface area (Å²) in [6.07, 6.45) is 1.55. The van der Waals surface area contributed by atoms with Crippen LogP contribution in [0.15, 0.2) is 0 Å². The van der Waals surface area contributed by atoms with E-state index in [9.17, 15) is 4.79 Å². The summed E-state index contributed by atoms with van der Waals surface area (Å²) in [5, 5.41) is 9.73. The molecule has 0 fully saturated rings. The number of nitrogens with zero attached hydrogens (tertiary/aromatic N) is 1. The molecule has 15 heavy (non-hydrogen) atoms. The number of hydrogen-bond acceptors (Lipinski definition) is 5. The van der Waals surface area contributed by atoms with E-state index in [0.717, 1.165) is 17.8 Å². The van der Waals surface area contributed by atoms with Gasteiger partial charge in [-0.1, -0.05) is 0 Å². The Balaban J connectivity index is 2.83. The molecule has 0 radical (unpaired) electrons. The lowest BCUT2D eigenvalue weighted by molar-refractivity contribution is 0.0697. The van der Waals surface area contributed by atoms with Gasteiger partial charge >= 0.3 is 5.97 Å². The van der Waals surface area contributed by atoms with Crippen LogP contribution in [0.5, 0.6) is 0 Å². The fourth-order valence-corrected chi connectivity index (χ4v) is 2.11. The molecule has 84 valence electrons. The van der Waals surface area contributed by atoms with Gasteiger partial charge in [0.05, 0.1) is 17.3 Å². The van der Waals surface area contributed by atoms with Crippen molar-refractivity contribution in [3.63, 3.8) is 0 Å². The van der Waals surface area contributed by atoms with Gasteiger partial charge in [-0.15, -0.1) is 11.3 Å². The highest BCUT2D eigenvalue weighted by Crippen LogP contribution is 2.20. The number of thiazole rings is 1. The van der Waals surface area contributed by atoms with E-state index in [4.69, 9.17) is 15.6 Å². The van der Waals surface area contributed by atoms with Crippen molar-refractivity contribution in [2.45, 2.75) is 19.4 Å². The Labute approximate surface area is 91.9 Å². The maximum Gasteiger partial charge on any atom is 0.347 e. The molecule has 0 atom stereocenters. The van der Waals surface area contributed by atoms with Crippen LogP contribution in [0.4, 0.5) is 0 Å². The highest BCUT2D eigenvalue weighted by atomic mass is 32.1. The quantitative estimate of drug-likeness (QED) is 0.757. The number of carbonyl (C=O) groups is 1. The van der Waals surface area contributed by atoms with E-state index in [-0.39, 0.29) is 11.5 Å². The molecular weight excluding hydrogens is 216 g/mol. The minimum absolute atomic E-state index is 0.237. The van der Waals surface area contributed by atoms with Crippen molar-refractivity contribution in [2.75, 3.05) is 13.7 Å². The average Bonchev–Trinajstić information content (AvgIpc) is 2.59. The monoisotopic (exact) mass is 230 g/mol. The van der Waals surface area contributed by atoms with Gasteiger partial charge in [0.2, 0.25) is 0 Å². The summed E-state index contributed by atoms with van der Waals surface area (Å²) in [5.74, 6) is -0.946. The Hall–Kier alpha value is -0.980. The number of ether oxygens (including phenoxy) is 1. The molecule has 0 saturated heterocycles. The third kappa shape index (κ3) is 3.26. The van der Waals surface area contributed by atoms with Gasteiger partial charge in [0.15, 0.2) is 0 Å². The molecule has 0 aliphatic rings. The number of nitrogens with two attached hydrogens (primary N) is 1. The first-order chi connectivity index (χ1) is 7.19. The zero-order chi connectivity index (χ0) is 11.3. The molecule has 6 heteroatoms. The second-order valence-corrected chi connectivity index (χ2v) is 4.10. The molecule has 1 aromatic rings. The van der Waals surface area contributed by atoms with Crippen LogP contribution >= 0.6 is 11.3 Å². The minimum atomic E-state index is -0.946. The zero-order valence-electron chi connectivity index (χ0n) is 8.52. The number of hydrogen-bond donors (Lipinski definition) is 2. The summed E-state index contributed by atoms with van der Waals surface area (Å²) < 4.78 is 4.89. The number of carboxylic acids is 1. The first-order valence-corrected chi connectivity index (χ1v) is 5.41. The van der Waals surface area contributed by atoms with Crippen molar-refractivity contribution in [2.24, 2.45) is 5.73 Å². The van der Waals surface area contributed by atoms with Gasteiger partial charge < -0.3 is 15.6 Å². The van der Waals surface area contributed by atoms with Gasteiger partial charge in [0.1, 0.15) is 4.88 Å². The Morgan fingerprint density at radius 2 is 2.40 bits per heavy atom. The van der Waals surface area contributed by atoms with Gasteiger partial charge in [-0.2, -0.15) is 0 Å². The smallest absolute Gasteiger partial charge is 0.347 e. The maximum absolute atomic E-state index is 10.9. The number of aromatic nitrogens is 1. The molecule has 0 amide bonds. The lowest BCUT2D eigenvalue weighted by Crippen LogP contribution is -2.01. The van der Waals surface area contributed by atoms with Crippen molar-refractivity contribution in [3.8, 4) is 0 Å². The highest BCUT2D eigenvalue weighted by Gasteiger charge is 2.16. The molecule has 0 aliphatic heterocycles. The molecule has 1 aromatic heterocycles. The molecular formula is C9H14N2O3S. The van der Waals surface area contributed by atoms with E-state index < -0.39 is 5.97 Å². The van der Waals surface area contributed by atoms with Crippen molar-refractivity contribution in [1.82, 2.24) is 4.98 Å². The van der Waals surface area contributed by atoms with Crippen LogP contribution in [0.2, 0.25) is 0 Å². The van der Waals surface area contributed by atoms with Gasteiger partial charge in [-0.25, -0.2) is 9.78 Å². The third-order valence-electron chi connectivity index (χ3n) is 1.81. The summed E-state index contributed by atoms with van der Waals surface area (Å²) in [4.78, 5) is 15.4. The standard InChI is InChI=1S/C9H14N2O3S/c1-14-5-6-8(9(12)13)15-7(11-6)3-2-4-10/h2-5,10H2,1H3,(H,12,13). The van der Waals surface area contributed by atoms with Gasteiger partial charge in [-0.3, -0.25) is 0 Å². The van der Waals surface area contributed by atoms with Crippen LogP contribution in [0.3, 0.4) is 0 Å². The number of rotatable bonds is 6. The number of aryl methyl sites for hydroxylation is 1. The molecule has 1 rings (SSSR count). The lowest BCUT2D eigenvalue weighted by Gasteiger charge is -1.94.